The van der Waals surface area contributed by atoms with Crippen LogP contribution in [0.4, 0.5) is 5.69 Å². The highest BCUT2D eigenvalue weighted by molar-refractivity contribution is 6.30. The van der Waals surface area contributed by atoms with E-state index in [-0.39, 0.29) is 39.8 Å². The van der Waals surface area contributed by atoms with Crippen molar-refractivity contribution in [2.75, 3.05) is 5.43 Å². The van der Waals surface area contributed by atoms with Crippen LogP contribution in [-0.2, 0) is 0 Å². The van der Waals surface area contributed by atoms with Crippen LogP contribution in [-0.4, -0.2) is 26.1 Å². The Morgan fingerprint density at radius 2 is 1.35 bits per heavy atom. The van der Waals surface area contributed by atoms with Gasteiger partial charge in [-0.25, -0.2) is 0 Å². The van der Waals surface area contributed by atoms with Gasteiger partial charge in [-0.1, -0.05) is 17.7 Å². The van der Waals surface area contributed by atoms with E-state index in [1.807, 2.05) is 0 Å². The molecule has 132 valence electrons. The zero-order chi connectivity index (χ0) is 18.7. The summed E-state index contributed by atoms with van der Waals surface area (Å²) in [6.07, 6.45) is 0. The molecule has 0 saturated heterocycles. The third-order valence-electron chi connectivity index (χ3n) is 3.59. The lowest BCUT2D eigenvalue weighted by Crippen LogP contribution is -2.07. The van der Waals surface area contributed by atoms with Gasteiger partial charge in [-0.15, -0.1) is 0 Å². The van der Waals surface area contributed by atoms with Crippen LogP contribution < -0.4 is 5.43 Å². The monoisotopic (exact) mass is 370 g/mol. The van der Waals surface area contributed by atoms with Crippen LogP contribution in [0.1, 0.15) is 11.1 Å². The first-order chi connectivity index (χ1) is 12.4. The summed E-state index contributed by atoms with van der Waals surface area (Å²) in [5.74, 6) is -0.653. The Morgan fingerprint density at radius 3 is 1.85 bits per heavy atom. The van der Waals surface area contributed by atoms with Gasteiger partial charge >= 0.3 is 0 Å². The average molecular weight is 371 g/mol. The first-order valence-electron chi connectivity index (χ1n) is 7.58. The highest BCUT2D eigenvalue weighted by Gasteiger charge is 2.16. The molecular weight excluding hydrogens is 356 g/mol. The van der Waals surface area contributed by atoms with E-state index < -0.39 is 0 Å². The SMILES string of the molecule is Oc1ccc(C(=NNc2cccc(Cl)c2)c2ccc(O)cc2O)c(O)c1. The van der Waals surface area contributed by atoms with Crippen molar-refractivity contribution in [3.05, 3.63) is 76.8 Å². The van der Waals surface area contributed by atoms with Crippen molar-refractivity contribution < 1.29 is 20.4 Å². The van der Waals surface area contributed by atoms with E-state index >= 15 is 0 Å². The zero-order valence-electron chi connectivity index (χ0n) is 13.4. The van der Waals surface area contributed by atoms with E-state index in [9.17, 15) is 20.4 Å². The minimum atomic E-state index is -0.218. The number of hydrogen-bond donors (Lipinski definition) is 5. The summed E-state index contributed by atoms with van der Waals surface area (Å²) < 4.78 is 0. The van der Waals surface area contributed by atoms with Crippen LogP contribution in [0.15, 0.2) is 65.8 Å². The van der Waals surface area contributed by atoms with Crippen LogP contribution >= 0.6 is 11.6 Å². The maximum atomic E-state index is 10.2. The van der Waals surface area contributed by atoms with Gasteiger partial charge in [0.15, 0.2) is 0 Å². The third-order valence-corrected chi connectivity index (χ3v) is 3.83. The lowest BCUT2D eigenvalue weighted by atomic mass is 10.00. The normalized spacial score (nSPS) is 10.3. The number of benzene rings is 3. The van der Waals surface area contributed by atoms with Crippen molar-refractivity contribution in [2.24, 2.45) is 5.10 Å². The van der Waals surface area contributed by atoms with E-state index in [4.69, 9.17) is 11.6 Å². The molecule has 0 aliphatic rings. The number of hydrogen-bond acceptors (Lipinski definition) is 6. The quantitative estimate of drug-likeness (QED) is 0.352. The van der Waals surface area contributed by atoms with E-state index in [0.717, 1.165) is 0 Å². The van der Waals surface area contributed by atoms with Gasteiger partial charge < -0.3 is 20.4 Å². The summed E-state index contributed by atoms with van der Waals surface area (Å²) >= 11 is 5.96. The number of rotatable bonds is 4. The first kappa shape index (κ1) is 17.4. The van der Waals surface area contributed by atoms with Crippen molar-refractivity contribution in [3.8, 4) is 23.0 Å². The Morgan fingerprint density at radius 1 is 0.769 bits per heavy atom. The second-order valence-electron chi connectivity index (χ2n) is 5.49. The predicted octanol–water partition coefficient (Wildman–Crippen LogP) is 4.03. The van der Waals surface area contributed by atoms with Crippen LogP contribution in [0.2, 0.25) is 5.02 Å². The van der Waals surface area contributed by atoms with Gasteiger partial charge in [0.2, 0.25) is 0 Å². The molecule has 0 unspecified atom stereocenters. The van der Waals surface area contributed by atoms with Gasteiger partial charge in [0.05, 0.1) is 5.69 Å². The molecule has 26 heavy (non-hydrogen) atoms. The summed E-state index contributed by atoms with van der Waals surface area (Å²) in [4.78, 5) is 0. The lowest BCUT2D eigenvalue weighted by Gasteiger charge is -2.12. The number of hydrazone groups is 1. The van der Waals surface area contributed by atoms with Crippen LogP contribution in [0.5, 0.6) is 23.0 Å². The van der Waals surface area contributed by atoms with Crippen LogP contribution in [0, 0.1) is 0 Å². The second-order valence-corrected chi connectivity index (χ2v) is 5.92. The molecular formula is C19H15ClN2O4. The topological polar surface area (TPSA) is 105 Å². The molecule has 3 aromatic carbocycles. The molecule has 6 nitrogen and oxygen atoms in total. The molecule has 0 heterocycles. The fourth-order valence-corrected chi connectivity index (χ4v) is 2.57. The van der Waals surface area contributed by atoms with Crippen molar-refractivity contribution in [2.45, 2.75) is 0 Å². The molecule has 3 aromatic rings. The Labute approximate surface area is 154 Å². The highest BCUT2D eigenvalue weighted by atomic mass is 35.5. The third kappa shape index (κ3) is 3.81. The number of aromatic hydroxyl groups is 4. The van der Waals surface area contributed by atoms with Crippen LogP contribution in [0.25, 0.3) is 0 Å². The number of halogens is 1. The summed E-state index contributed by atoms with van der Waals surface area (Å²) in [6.45, 7) is 0. The molecule has 3 rings (SSSR count). The second kappa shape index (κ2) is 7.25. The maximum Gasteiger partial charge on any atom is 0.128 e. The molecule has 0 aliphatic heterocycles. The van der Waals surface area contributed by atoms with Gasteiger partial charge in [0.25, 0.3) is 0 Å². The fourth-order valence-electron chi connectivity index (χ4n) is 2.38. The Balaban J connectivity index is 2.10. The zero-order valence-corrected chi connectivity index (χ0v) is 14.1. The molecule has 0 atom stereocenters. The van der Waals surface area contributed by atoms with Gasteiger partial charge in [0, 0.05) is 28.3 Å². The molecule has 0 fully saturated rings. The number of nitrogens with one attached hydrogen (secondary N) is 1. The summed E-state index contributed by atoms with van der Waals surface area (Å²) in [5.41, 5.74) is 4.19. The highest BCUT2D eigenvalue weighted by Crippen LogP contribution is 2.30. The molecule has 0 bridgehead atoms. The molecule has 0 radical (unpaired) electrons. The predicted molar refractivity (Wildman–Crippen MR) is 100 cm³/mol. The van der Waals surface area contributed by atoms with Crippen LogP contribution in [0.3, 0.4) is 0 Å². The average Bonchev–Trinajstić information content (AvgIpc) is 2.58. The Hall–Kier alpha value is -3.38. The minimum absolute atomic E-state index is 0.108. The summed E-state index contributed by atoms with van der Waals surface area (Å²) in [6, 6.07) is 14.9. The van der Waals surface area contributed by atoms with Gasteiger partial charge in [0.1, 0.15) is 28.7 Å². The molecule has 0 aromatic heterocycles. The van der Waals surface area contributed by atoms with E-state index in [1.54, 1.807) is 24.3 Å². The fraction of sp³-hybridized carbons (Fsp3) is 0. The minimum Gasteiger partial charge on any atom is -0.508 e. The first-order valence-corrected chi connectivity index (χ1v) is 7.96. The number of anilines is 1. The summed E-state index contributed by atoms with van der Waals surface area (Å²) in [5, 5.41) is 44.2. The molecule has 0 aliphatic carbocycles. The number of phenols is 4. The van der Waals surface area contributed by atoms with Crippen molar-refractivity contribution in [1.82, 2.24) is 0 Å². The largest absolute Gasteiger partial charge is 0.508 e. The molecule has 0 saturated carbocycles. The smallest absolute Gasteiger partial charge is 0.128 e. The summed E-state index contributed by atoms with van der Waals surface area (Å²) in [7, 11) is 0. The van der Waals surface area contributed by atoms with Gasteiger partial charge in [-0.3, -0.25) is 5.43 Å². The van der Waals surface area contributed by atoms with Gasteiger partial charge in [-0.2, -0.15) is 5.10 Å². The van der Waals surface area contributed by atoms with Gasteiger partial charge in [-0.05, 0) is 42.5 Å². The molecule has 0 spiro atoms. The Kier molecular flexibility index (Phi) is 4.86. The standard InChI is InChI=1S/C19H15ClN2O4/c20-11-2-1-3-12(8-11)21-22-19(15-6-4-13(23)9-17(15)25)16-7-5-14(24)10-18(16)26/h1-10,21,23-26H. The molecule has 5 N–H and O–H groups in total. The molecule has 0 amide bonds. The number of phenolic OH excluding ortho intramolecular Hbond substituents is 4. The van der Waals surface area contributed by atoms with Crippen molar-refractivity contribution in [1.29, 1.82) is 0 Å². The van der Waals surface area contributed by atoms with E-state index in [0.29, 0.717) is 10.7 Å². The molecule has 7 heteroatoms. The van der Waals surface area contributed by atoms with Crippen molar-refractivity contribution in [3.63, 3.8) is 0 Å². The van der Waals surface area contributed by atoms with E-state index in [2.05, 4.69) is 10.5 Å². The lowest BCUT2D eigenvalue weighted by molar-refractivity contribution is 0.449. The maximum absolute atomic E-state index is 10.2. The van der Waals surface area contributed by atoms with Crippen molar-refractivity contribution >= 4 is 23.0 Å². The van der Waals surface area contributed by atoms with E-state index in [1.165, 1.54) is 36.4 Å². The number of nitrogens with zero attached hydrogens (tertiary/aromatic N) is 1. The Bertz CT molecular complexity index is 936.